The second-order valence-electron chi connectivity index (χ2n) is 4.07. The first kappa shape index (κ1) is 10.8. The number of H-pyrrole nitrogens is 1. The van der Waals surface area contributed by atoms with Crippen LogP contribution in [0.15, 0.2) is 30.7 Å². The van der Waals surface area contributed by atoms with Gasteiger partial charge in [0.2, 0.25) is 0 Å². The molecule has 0 unspecified atom stereocenters. The zero-order valence-corrected chi connectivity index (χ0v) is 9.54. The summed E-state index contributed by atoms with van der Waals surface area (Å²) >= 11 is 0. The Morgan fingerprint density at radius 3 is 2.72 bits per heavy atom. The maximum Gasteiger partial charge on any atom is 0.144 e. The van der Waals surface area contributed by atoms with Crippen LogP contribution in [0.2, 0.25) is 0 Å². The van der Waals surface area contributed by atoms with Gasteiger partial charge in [0.05, 0.1) is 18.1 Å². The maximum absolute atomic E-state index is 13.2. The first-order valence-electron chi connectivity index (χ1n) is 5.40. The van der Waals surface area contributed by atoms with Gasteiger partial charge in [-0.2, -0.15) is 0 Å². The first-order valence-corrected chi connectivity index (χ1v) is 5.40. The average molecular weight is 245 g/mol. The zero-order valence-electron chi connectivity index (χ0n) is 9.54. The SMILES string of the molecule is Cc1cc(-c2c[nH]c3ncc(F)cc23)ncc1F. The van der Waals surface area contributed by atoms with Crippen LogP contribution in [0.3, 0.4) is 0 Å². The molecule has 0 aliphatic rings. The van der Waals surface area contributed by atoms with E-state index in [0.717, 1.165) is 12.4 Å². The van der Waals surface area contributed by atoms with Crippen molar-refractivity contribution in [3.8, 4) is 11.3 Å². The van der Waals surface area contributed by atoms with Crippen molar-refractivity contribution in [2.45, 2.75) is 6.92 Å². The summed E-state index contributed by atoms with van der Waals surface area (Å²) in [7, 11) is 0. The van der Waals surface area contributed by atoms with Crippen LogP contribution in [0.25, 0.3) is 22.3 Å². The molecule has 5 heteroatoms. The van der Waals surface area contributed by atoms with E-state index in [1.54, 1.807) is 19.2 Å². The van der Waals surface area contributed by atoms with Crippen molar-refractivity contribution in [2.24, 2.45) is 0 Å². The minimum absolute atomic E-state index is 0.358. The third-order valence-corrected chi connectivity index (χ3v) is 2.82. The quantitative estimate of drug-likeness (QED) is 0.715. The van der Waals surface area contributed by atoms with Crippen molar-refractivity contribution >= 4 is 11.0 Å². The number of pyridine rings is 2. The molecule has 3 aromatic heterocycles. The second kappa shape index (κ2) is 3.87. The lowest BCUT2D eigenvalue weighted by Crippen LogP contribution is -1.88. The Labute approximate surface area is 102 Å². The number of aryl methyl sites for hydroxylation is 1. The molecule has 0 aromatic carbocycles. The minimum Gasteiger partial charge on any atom is -0.345 e. The molecule has 0 aliphatic heterocycles. The van der Waals surface area contributed by atoms with Crippen LogP contribution in [-0.2, 0) is 0 Å². The van der Waals surface area contributed by atoms with Gasteiger partial charge in [-0.05, 0) is 24.6 Å². The molecular formula is C13H9F2N3. The Kier molecular flexibility index (Phi) is 2.33. The van der Waals surface area contributed by atoms with Gasteiger partial charge in [-0.1, -0.05) is 0 Å². The van der Waals surface area contributed by atoms with Crippen LogP contribution in [0, 0.1) is 18.6 Å². The van der Waals surface area contributed by atoms with E-state index < -0.39 is 5.82 Å². The van der Waals surface area contributed by atoms with E-state index >= 15 is 0 Å². The number of aromatic nitrogens is 3. The highest BCUT2D eigenvalue weighted by Crippen LogP contribution is 2.27. The van der Waals surface area contributed by atoms with Gasteiger partial charge in [0.25, 0.3) is 0 Å². The topological polar surface area (TPSA) is 41.6 Å². The van der Waals surface area contributed by atoms with Crippen molar-refractivity contribution in [1.29, 1.82) is 0 Å². The van der Waals surface area contributed by atoms with Gasteiger partial charge in [-0.25, -0.2) is 13.8 Å². The lowest BCUT2D eigenvalue weighted by atomic mass is 10.1. The van der Waals surface area contributed by atoms with E-state index in [1.807, 2.05) is 0 Å². The van der Waals surface area contributed by atoms with Crippen molar-refractivity contribution in [2.75, 3.05) is 0 Å². The molecule has 0 bridgehead atoms. The van der Waals surface area contributed by atoms with Gasteiger partial charge in [-0.3, -0.25) is 4.98 Å². The first-order chi connectivity index (χ1) is 8.65. The molecule has 18 heavy (non-hydrogen) atoms. The minimum atomic E-state index is -0.415. The summed E-state index contributed by atoms with van der Waals surface area (Å²) in [6, 6.07) is 3.01. The normalized spacial score (nSPS) is 11.1. The molecule has 0 aliphatic carbocycles. The summed E-state index contributed by atoms with van der Waals surface area (Å²) in [4.78, 5) is 10.9. The molecular weight excluding hydrogens is 236 g/mol. The molecule has 0 saturated heterocycles. The smallest absolute Gasteiger partial charge is 0.144 e. The number of nitrogens with zero attached hydrogens (tertiary/aromatic N) is 2. The summed E-state index contributed by atoms with van der Waals surface area (Å²) in [5, 5.41) is 0.633. The Hall–Kier alpha value is -2.30. The number of halogens is 2. The Bertz CT molecular complexity index is 734. The van der Waals surface area contributed by atoms with Gasteiger partial charge in [-0.15, -0.1) is 0 Å². The number of fused-ring (bicyclic) bond motifs is 1. The fourth-order valence-electron chi connectivity index (χ4n) is 1.88. The molecule has 1 N–H and O–H groups in total. The van der Waals surface area contributed by atoms with Crippen LogP contribution in [-0.4, -0.2) is 15.0 Å². The summed E-state index contributed by atoms with van der Waals surface area (Å²) in [6.45, 7) is 1.66. The Balaban J connectivity index is 2.24. The second-order valence-corrected chi connectivity index (χ2v) is 4.07. The van der Waals surface area contributed by atoms with Crippen LogP contribution in [0.4, 0.5) is 8.78 Å². The number of hydrogen-bond donors (Lipinski definition) is 1. The van der Waals surface area contributed by atoms with E-state index in [4.69, 9.17) is 0 Å². The average Bonchev–Trinajstić information content (AvgIpc) is 2.75. The molecule has 0 spiro atoms. The van der Waals surface area contributed by atoms with Gasteiger partial charge in [0.15, 0.2) is 0 Å². The fourth-order valence-corrected chi connectivity index (χ4v) is 1.88. The molecule has 0 atom stereocenters. The molecule has 0 radical (unpaired) electrons. The Morgan fingerprint density at radius 1 is 1.11 bits per heavy atom. The van der Waals surface area contributed by atoms with Crippen LogP contribution >= 0.6 is 0 Å². The van der Waals surface area contributed by atoms with E-state index in [1.165, 1.54) is 6.07 Å². The number of aromatic amines is 1. The third kappa shape index (κ3) is 1.64. The summed E-state index contributed by atoms with van der Waals surface area (Å²) in [5.74, 6) is -0.773. The van der Waals surface area contributed by atoms with E-state index in [-0.39, 0.29) is 5.82 Å². The molecule has 3 aromatic rings. The van der Waals surface area contributed by atoms with Crippen molar-refractivity contribution < 1.29 is 8.78 Å². The lowest BCUT2D eigenvalue weighted by Gasteiger charge is -2.01. The van der Waals surface area contributed by atoms with E-state index in [2.05, 4.69) is 15.0 Å². The third-order valence-electron chi connectivity index (χ3n) is 2.82. The highest BCUT2D eigenvalue weighted by molar-refractivity contribution is 5.92. The summed E-state index contributed by atoms with van der Waals surface area (Å²) in [5.41, 5.74) is 2.38. The summed E-state index contributed by atoms with van der Waals surface area (Å²) < 4.78 is 26.4. The maximum atomic E-state index is 13.2. The van der Waals surface area contributed by atoms with Crippen molar-refractivity contribution in [3.63, 3.8) is 0 Å². The van der Waals surface area contributed by atoms with Gasteiger partial charge in [0.1, 0.15) is 17.3 Å². The van der Waals surface area contributed by atoms with Crippen LogP contribution in [0.5, 0.6) is 0 Å². The van der Waals surface area contributed by atoms with E-state index in [0.29, 0.717) is 27.9 Å². The molecule has 90 valence electrons. The van der Waals surface area contributed by atoms with Crippen molar-refractivity contribution in [1.82, 2.24) is 15.0 Å². The largest absolute Gasteiger partial charge is 0.345 e. The highest BCUT2D eigenvalue weighted by atomic mass is 19.1. The van der Waals surface area contributed by atoms with E-state index in [9.17, 15) is 8.78 Å². The number of rotatable bonds is 1. The molecule has 0 saturated carbocycles. The molecule has 3 nitrogen and oxygen atoms in total. The van der Waals surface area contributed by atoms with Crippen molar-refractivity contribution in [3.05, 3.63) is 47.9 Å². The van der Waals surface area contributed by atoms with Gasteiger partial charge < -0.3 is 4.98 Å². The molecule has 0 fully saturated rings. The number of hydrogen-bond acceptors (Lipinski definition) is 2. The standard InChI is InChI=1S/C13H9F2N3/c1-7-2-12(16-6-11(7)15)10-5-18-13-9(10)3-8(14)4-17-13/h2-6H,1H3,(H,17,18). The highest BCUT2D eigenvalue weighted by Gasteiger charge is 2.10. The predicted octanol–water partition coefficient (Wildman–Crippen LogP) is 3.21. The van der Waals surface area contributed by atoms with Crippen LogP contribution in [0.1, 0.15) is 5.56 Å². The summed E-state index contributed by atoms with van der Waals surface area (Å²) in [6.07, 6.45) is 4.00. The Morgan fingerprint density at radius 2 is 1.94 bits per heavy atom. The number of nitrogens with one attached hydrogen (secondary N) is 1. The monoisotopic (exact) mass is 245 g/mol. The predicted molar refractivity (Wildman–Crippen MR) is 64.0 cm³/mol. The molecule has 3 rings (SSSR count). The molecule has 0 amide bonds. The zero-order chi connectivity index (χ0) is 12.7. The van der Waals surface area contributed by atoms with Gasteiger partial charge in [0, 0.05) is 17.1 Å². The lowest BCUT2D eigenvalue weighted by molar-refractivity contribution is 0.612. The van der Waals surface area contributed by atoms with Gasteiger partial charge >= 0.3 is 0 Å². The van der Waals surface area contributed by atoms with Crippen LogP contribution < -0.4 is 0 Å². The fraction of sp³-hybridized carbons (Fsp3) is 0.0769. The molecule has 3 heterocycles.